The van der Waals surface area contributed by atoms with Crippen LogP contribution in [0.1, 0.15) is 0 Å². The number of likely N-dealkylation sites (N-methyl/N-ethyl adjacent to an activating group) is 1. The van der Waals surface area contributed by atoms with Gasteiger partial charge < -0.3 is 10.6 Å². The molecule has 2 rings (SSSR count). The maximum Gasteiger partial charge on any atom is 0.0314 e. The molecule has 0 amide bonds. The van der Waals surface area contributed by atoms with Gasteiger partial charge in [-0.25, -0.2) is 0 Å². The third kappa shape index (κ3) is 3.88. The van der Waals surface area contributed by atoms with E-state index in [1.807, 2.05) is 18.2 Å². The van der Waals surface area contributed by atoms with Crippen LogP contribution in [0.25, 0.3) is 0 Å². The molecular weight excluding hydrogens is 210 g/mol. The molecule has 0 atom stereocenters. The van der Waals surface area contributed by atoms with E-state index >= 15 is 0 Å². The van der Waals surface area contributed by atoms with Gasteiger partial charge in [-0.1, -0.05) is 24.3 Å². The zero-order valence-electron chi connectivity index (χ0n) is 10.5. The van der Waals surface area contributed by atoms with Crippen molar-refractivity contribution in [2.24, 2.45) is 5.73 Å². The van der Waals surface area contributed by atoms with Gasteiger partial charge in [-0.2, -0.15) is 0 Å². The Labute approximate surface area is 104 Å². The third-order valence-electron chi connectivity index (χ3n) is 3.20. The van der Waals surface area contributed by atoms with Gasteiger partial charge in [0.15, 0.2) is 0 Å². The maximum atomic E-state index is 5.79. The SMILES string of the molecule is CN1CCN(CC2=C/C=C(N)\C=C\C=C\2)CC1. The fourth-order valence-electron chi connectivity index (χ4n) is 2.03. The Morgan fingerprint density at radius 1 is 1.06 bits per heavy atom. The van der Waals surface area contributed by atoms with Crippen LogP contribution < -0.4 is 5.73 Å². The molecule has 0 aromatic heterocycles. The number of piperazine rings is 1. The second kappa shape index (κ2) is 5.84. The van der Waals surface area contributed by atoms with Crippen molar-refractivity contribution >= 4 is 0 Å². The summed E-state index contributed by atoms with van der Waals surface area (Å²) in [5.74, 6) is 0. The molecule has 3 heteroatoms. The molecule has 1 aliphatic carbocycles. The molecule has 0 saturated carbocycles. The van der Waals surface area contributed by atoms with Crippen LogP contribution in [-0.4, -0.2) is 49.6 Å². The lowest BCUT2D eigenvalue weighted by Crippen LogP contribution is -2.44. The molecule has 3 nitrogen and oxygen atoms in total. The van der Waals surface area contributed by atoms with E-state index in [1.165, 1.54) is 5.57 Å². The lowest BCUT2D eigenvalue weighted by atomic mass is 10.1. The first-order valence-electron chi connectivity index (χ1n) is 6.16. The smallest absolute Gasteiger partial charge is 0.0314 e. The lowest BCUT2D eigenvalue weighted by molar-refractivity contribution is 0.165. The highest BCUT2D eigenvalue weighted by Gasteiger charge is 2.13. The highest BCUT2D eigenvalue weighted by Crippen LogP contribution is 2.08. The number of rotatable bonds is 2. The van der Waals surface area contributed by atoms with Crippen molar-refractivity contribution in [2.75, 3.05) is 39.8 Å². The van der Waals surface area contributed by atoms with Crippen LogP contribution in [0.4, 0.5) is 0 Å². The molecule has 0 spiro atoms. The Hall–Kier alpha value is -1.32. The molecule has 2 N–H and O–H groups in total. The summed E-state index contributed by atoms with van der Waals surface area (Å²) in [5.41, 5.74) is 7.92. The molecule has 0 aromatic rings. The highest BCUT2D eigenvalue weighted by molar-refractivity contribution is 5.35. The molecule has 92 valence electrons. The molecular formula is C14H21N3. The summed E-state index contributed by atoms with van der Waals surface area (Å²) in [6, 6.07) is 0. The molecule has 0 aromatic carbocycles. The van der Waals surface area contributed by atoms with Gasteiger partial charge in [0, 0.05) is 38.4 Å². The minimum absolute atomic E-state index is 0.810. The minimum Gasteiger partial charge on any atom is -0.399 e. The van der Waals surface area contributed by atoms with Crippen molar-refractivity contribution in [1.82, 2.24) is 9.80 Å². The Kier molecular flexibility index (Phi) is 4.18. The topological polar surface area (TPSA) is 32.5 Å². The monoisotopic (exact) mass is 231 g/mol. The third-order valence-corrected chi connectivity index (χ3v) is 3.20. The Morgan fingerprint density at radius 2 is 1.76 bits per heavy atom. The van der Waals surface area contributed by atoms with Crippen LogP contribution in [0, 0.1) is 0 Å². The van der Waals surface area contributed by atoms with E-state index in [1.54, 1.807) is 0 Å². The Morgan fingerprint density at radius 3 is 2.53 bits per heavy atom. The Balaban J connectivity index is 1.94. The predicted molar refractivity (Wildman–Crippen MR) is 72.6 cm³/mol. The summed E-state index contributed by atoms with van der Waals surface area (Å²) in [7, 11) is 2.18. The molecule has 0 unspecified atom stereocenters. The van der Waals surface area contributed by atoms with Crippen molar-refractivity contribution in [2.45, 2.75) is 0 Å². The van der Waals surface area contributed by atoms with Crippen molar-refractivity contribution in [3.63, 3.8) is 0 Å². The summed E-state index contributed by atoms with van der Waals surface area (Å²) < 4.78 is 0. The molecule has 17 heavy (non-hydrogen) atoms. The van der Waals surface area contributed by atoms with Gasteiger partial charge in [-0.05, 0) is 24.8 Å². The predicted octanol–water partition coefficient (Wildman–Crippen LogP) is 1.13. The molecule has 1 fully saturated rings. The van der Waals surface area contributed by atoms with Crippen LogP contribution in [0.3, 0.4) is 0 Å². The zero-order chi connectivity index (χ0) is 12.1. The van der Waals surface area contributed by atoms with Gasteiger partial charge in [-0.3, -0.25) is 4.90 Å². The number of hydrogen-bond donors (Lipinski definition) is 1. The fourth-order valence-corrected chi connectivity index (χ4v) is 2.03. The van der Waals surface area contributed by atoms with Crippen molar-refractivity contribution in [1.29, 1.82) is 0 Å². The van der Waals surface area contributed by atoms with E-state index in [4.69, 9.17) is 5.73 Å². The maximum absolute atomic E-state index is 5.79. The molecule has 1 saturated heterocycles. The van der Waals surface area contributed by atoms with E-state index in [0.717, 1.165) is 38.4 Å². The molecule has 1 aliphatic heterocycles. The summed E-state index contributed by atoms with van der Waals surface area (Å²) in [5, 5.41) is 0. The van der Waals surface area contributed by atoms with Crippen LogP contribution in [0.5, 0.6) is 0 Å². The normalized spacial score (nSPS) is 32.8. The van der Waals surface area contributed by atoms with Crippen molar-refractivity contribution in [3.05, 3.63) is 47.7 Å². The summed E-state index contributed by atoms with van der Waals surface area (Å²) in [6.07, 6.45) is 12.2. The fraction of sp³-hybridized carbons (Fsp3) is 0.429. The number of nitrogens with zero attached hydrogens (tertiary/aromatic N) is 2. The first kappa shape index (κ1) is 12.1. The largest absolute Gasteiger partial charge is 0.399 e. The highest BCUT2D eigenvalue weighted by atomic mass is 15.2. The quantitative estimate of drug-likeness (QED) is 0.773. The van der Waals surface area contributed by atoms with E-state index in [-0.39, 0.29) is 0 Å². The molecule has 2 aliphatic rings. The summed E-state index contributed by atoms with van der Waals surface area (Å²) >= 11 is 0. The minimum atomic E-state index is 0.810. The average Bonchev–Trinajstić information content (AvgIpc) is 2.31. The summed E-state index contributed by atoms with van der Waals surface area (Å²) in [4.78, 5) is 4.87. The Bertz CT molecular complexity index is 369. The first-order chi connectivity index (χ1) is 8.24. The van der Waals surface area contributed by atoms with E-state index in [2.05, 4.69) is 35.1 Å². The van der Waals surface area contributed by atoms with Gasteiger partial charge in [0.1, 0.15) is 0 Å². The lowest BCUT2D eigenvalue weighted by Gasteiger charge is -2.32. The van der Waals surface area contributed by atoms with Crippen molar-refractivity contribution < 1.29 is 0 Å². The van der Waals surface area contributed by atoms with Gasteiger partial charge in [0.25, 0.3) is 0 Å². The molecule has 1 heterocycles. The van der Waals surface area contributed by atoms with Crippen LogP contribution >= 0.6 is 0 Å². The van der Waals surface area contributed by atoms with E-state index < -0.39 is 0 Å². The number of hydrogen-bond acceptors (Lipinski definition) is 3. The van der Waals surface area contributed by atoms with E-state index in [9.17, 15) is 0 Å². The van der Waals surface area contributed by atoms with Crippen LogP contribution in [0.15, 0.2) is 47.7 Å². The van der Waals surface area contributed by atoms with Gasteiger partial charge in [0.05, 0.1) is 0 Å². The van der Waals surface area contributed by atoms with Crippen molar-refractivity contribution in [3.8, 4) is 0 Å². The van der Waals surface area contributed by atoms with Gasteiger partial charge in [0.2, 0.25) is 0 Å². The molecule has 0 bridgehead atoms. The van der Waals surface area contributed by atoms with Crippen LogP contribution in [0.2, 0.25) is 0 Å². The summed E-state index contributed by atoms with van der Waals surface area (Å²) in [6.45, 7) is 5.64. The first-order valence-corrected chi connectivity index (χ1v) is 6.16. The van der Waals surface area contributed by atoms with E-state index in [0.29, 0.717) is 0 Å². The number of allylic oxidation sites excluding steroid dienone is 5. The number of nitrogens with two attached hydrogens (primary N) is 1. The standard InChI is InChI=1S/C14H21N3/c1-16-8-10-17(11-9-16)12-13-4-2-3-5-14(15)7-6-13/h2-7H,8-12,15H2,1H3/b3-2?,4-2+,5-3+,7-6?,13-4?,13-6+,14-5?,14-7+. The average molecular weight is 231 g/mol. The molecule has 0 radical (unpaired) electrons. The zero-order valence-corrected chi connectivity index (χ0v) is 10.5. The second-order valence-electron chi connectivity index (χ2n) is 4.71. The second-order valence-corrected chi connectivity index (χ2v) is 4.71. The van der Waals surface area contributed by atoms with Gasteiger partial charge in [-0.15, -0.1) is 0 Å². The van der Waals surface area contributed by atoms with Crippen LogP contribution in [-0.2, 0) is 0 Å². The van der Waals surface area contributed by atoms with Gasteiger partial charge >= 0.3 is 0 Å².